The number of benzene rings is 6. The molecular formula is C70H78F5N7O15S. The number of halogens is 5. The number of hydrogen-bond acceptors (Lipinski definition) is 15. The first kappa shape index (κ1) is 71.3. The number of imide groups is 2. The van der Waals surface area contributed by atoms with E-state index in [1.165, 1.54) is 147 Å². The number of ether oxygens (including phenoxy) is 3. The summed E-state index contributed by atoms with van der Waals surface area (Å²) in [6, 6.07) is 15.5. The monoisotopic (exact) mass is 1380 g/mol. The molecule has 9 N–H and O–H groups in total. The van der Waals surface area contributed by atoms with Crippen LogP contribution in [-0.2, 0) is 28.5 Å². The number of carbonyl (C=O) groups excluding carboxylic acids is 4. The van der Waals surface area contributed by atoms with Crippen molar-refractivity contribution in [2.45, 2.75) is 148 Å². The lowest BCUT2D eigenvalue weighted by Gasteiger charge is -2.41. The number of aromatic amines is 2. The Morgan fingerprint density at radius 1 is 0.531 bits per heavy atom. The molecule has 22 nitrogen and oxygen atoms in total. The van der Waals surface area contributed by atoms with Gasteiger partial charge in [0.15, 0.2) is 12.5 Å². The smallest absolute Gasteiger partial charge is 0.264 e. The molecular weight excluding hydrogens is 1310 g/mol. The largest absolute Gasteiger partial charge is 1.00 e. The zero-order valence-corrected chi connectivity index (χ0v) is 54.4. The molecule has 0 aliphatic carbocycles. The Kier molecular flexibility index (Phi) is 20.1. The molecule has 28 heteroatoms. The number of aromatic nitrogens is 4. The molecule has 2 bridgehead atoms. The Morgan fingerprint density at radius 3 is 1.33 bits per heavy atom. The van der Waals surface area contributed by atoms with Gasteiger partial charge >= 0.3 is 0 Å². The van der Waals surface area contributed by atoms with Crippen LogP contribution < -0.4 is 15.3 Å². The zero-order valence-electron chi connectivity index (χ0n) is 53.6. The molecule has 4 aromatic heterocycles. The van der Waals surface area contributed by atoms with Gasteiger partial charge in [-0.15, -0.1) is 0 Å². The Hall–Kier alpha value is -8.00. The molecule has 5 aliphatic rings. The summed E-state index contributed by atoms with van der Waals surface area (Å²) >= 11 is 0. The Morgan fingerprint density at radius 2 is 0.918 bits per heavy atom. The number of fused-ring (bicyclic) bond motifs is 22. The maximum Gasteiger partial charge on any atom is 0.264 e. The molecule has 10 aromatic rings. The number of quaternary nitrogens is 1. The average molecular weight is 1380 g/mol. The molecule has 98 heavy (non-hydrogen) atoms. The van der Waals surface area contributed by atoms with Crippen molar-refractivity contribution in [2.75, 3.05) is 45.6 Å². The number of aliphatic hydroxyl groups is 5. The van der Waals surface area contributed by atoms with Gasteiger partial charge in [0.25, 0.3) is 33.7 Å². The molecule has 3 fully saturated rings. The highest BCUT2D eigenvalue weighted by Gasteiger charge is 2.52. The Balaban J connectivity index is 0.000000160. The van der Waals surface area contributed by atoms with Crippen LogP contribution >= 0.6 is 0 Å². The number of unbranched alkanes of at least 4 members (excludes halogenated alkanes) is 4. The second kappa shape index (κ2) is 27.6. The molecule has 5 aliphatic heterocycles. The van der Waals surface area contributed by atoms with Crippen LogP contribution in [0.1, 0.15) is 140 Å². The number of carbonyl (C=O) groups is 4. The fraction of sp³-hybridized carbons (Fsp3) is 0.429. The minimum atomic E-state index is -3.98. The first-order valence-corrected chi connectivity index (χ1v) is 34.3. The van der Waals surface area contributed by atoms with Crippen LogP contribution in [0.4, 0.5) is 17.6 Å². The van der Waals surface area contributed by atoms with Gasteiger partial charge in [0.05, 0.1) is 101 Å². The van der Waals surface area contributed by atoms with Gasteiger partial charge < -0.3 is 68.0 Å². The number of rotatable bonds is 17. The number of nitrogens with zero attached hydrogens (tertiary/aromatic N) is 3. The lowest BCUT2D eigenvalue weighted by molar-refractivity contribution is -0.929. The number of aliphatic hydroxyl groups excluding tert-OH is 5. The maximum atomic E-state index is 14.7. The van der Waals surface area contributed by atoms with Gasteiger partial charge in [0.1, 0.15) is 72.1 Å². The lowest BCUT2D eigenvalue weighted by Crippen LogP contribution is -3.00. The molecule has 9 heterocycles. The third kappa shape index (κ3) is 12.1. The summed E-state index contributed by atoms with van der Waals surface area (Å²) in [5, 5.41) is 60.8. The fourth-order valence-electron chi connectivity index (χ4n) is 15.0. The zero-order chi connectivity index (χ0) is 68.1. The second-order valence-electron chi connectivity index (χ2n) is 25.7. The van der Waals surface area contributed by atoms with E-state index in [0.29, 0.717) is 49.1 Å². The van der Waals surface area contributed by atoms with Crippen molar-refractivity contribution in [3.8, 4) is 0 Å². The third-order valence-corrected chi connectivity index (χ3v) is 20.1. The van der Waals surface area contributed by atoms with E-state index < -0.39 is 125 Å². The second-order valence-corrected chi connectivity index (χ2v) is 27.4. The standard InChI is InChI=1S/C27H21F2N3O9S.C26H17F2N3O6.C16H36N.CH4.FH/c1-42(38,39)40-8-15-22(33)23(34)24(35)27(41-15)32-14-5-3-10(29)7-12(14)17-19-18(25(36)31-26(19)37)16-11-6-9(28)2-4-13(11)30-20(16)21(17)32;27-8-1-3-12-10(5-8)15-17-18(25(35)30-24(17)34)16-11-6-9(28)2-4-13(11)31(20(16)19(15)29-12)26-22(33)23-21(32)14(37-26)7-36-23;1-5-9-13-17(14-10-6-2,15-11-7-3)16-12-8-4;;/h2-7,15,22-24,27,30,33-35H,8H2,1H3,(H,31,36,37);1-6,14,21-23,26,29,32-33H,7H2,(H,30,34,35);5-16H2,1-4H3;1H4;1H/q;;+1;;/p-1/t15-,22-,23+,24-,27-;14?,21?,22?,23?,26-;;;/m11.../s1. The highest BCUT2D eigenvalue weighted by Crippen LogP contribution is 2.49. The van der Waals surface area contributed by atoms with Crippen LogP contribution in [0.3, 0.4) is 0 Å². The maximum absolute atomic E-state index is 14.7. The van der Waals surface area contributed by atoms with Crippen LogP contribution in [0.5, 0.6) is 0 Å². The van der Waals surface area contributed by atoms with Crippen LogP contribution in [0, 0.1) is 23.3 Å². The van der Waals surface area contributed by atoms with E-state index >= 15 is 0 Å². The van der Waals surface area contributed by atoms with Crippen LogP contribution in [0.25, 0.3) is 87.2 Å². The van der Waals surface area contributed by atoms with Gasteiger partial charge in [0.2, 0.25) is 0 Å². The van der Waals surface area contributed by atoms with Gasteiger partial charge in [-0.05, 0) is 98.5 Å². The van der Waals surface area contributed by atoms with Crippen molar-refractivity contribution in [1.29, 1.82) is 0 Å². The van der Waals surface area contributed by atoms with Crippen molar-refractivity contribution in [2.24, 2.45) is 0 Å². The predicted octanol–water partition coefficient (Wildman–Crippen LogP) is 6.80. The predicted molar refractivity (Wildman–Crippen MR) is 356 cm³/mol. The van der Waals surface area contributed by atoms with Crippen molar-refractivity contribution in [3.05, 3.63) is 118 Å². The molecule has 10 atom stereocenters. The number of H-pyrrole nitrogens is 2. The topological polar surface area (TPSA) is 306 Å². The molecule has 6 aromatic carbocycles. The van der Waals surface area contributed by atoms with E-state index in [2.05, 4.69) is 48.3 Å². The molecule has 4 amide bonds. The highest BCUT2D eigenvalue weighted by atomic mass is 32.2. The summed E-state index contributed by atoms with van der Waals surface area (Å²) in [4.78, 5) is 58.8. The number of amides is 4. The fourth-order valence-corrected chi connectivity index (χ4v) is 15.3. The summed E-state index contributed by atoms with van der Waals surface area (Å²) in [6.07, 6.45) is -1.62. The SMILES string of the molecule is C.CCCC[N+](CCCC)(CCCC)CCCC.CS(=O)(=O)OC[C@H]1O[C@@H](n2c3ccc(F)cc3c3c4c(c5c6cc(F)ccc6[nH]c5c32)C(=O)NC4=O)[C@H](O)[C@@H](O)[C@@H]1O.O=C1NC(=O)c2c1c1c3cc(F)ccc3[nH]c1c1c2c2cc(F)ccc2n1[C@@H]1OC2COC(C2O)C1O.[F-]. The summed E-state index contributed by atoms with van der Waals surface area (Å²) < 4.78 is 108. The van der Waals surface area contributed by atoms with E-state index in [9.17, 15) is 70.7 Å². The molecule has 4 unspecified atom stereocenters. The van der Waals surface area contributed by atoms with Crippen molar-refractivity contribution >= 4 is 121 Å². The molecule has 3 saturated heterocycles. The summed E-state index contributed by atoms with van der Waals surface area (Å²) in [5.74, 6) is -5.20. The number of nitrogens with one attached hydrogen (secondary N) is 4. The van der Waals surface area contributed by atoms with Crippen molar-refractivity contribution in [3.63, 3.8) is 0 Å². The van der Waals surface area contributed by atoms with Crippen molar-refractivity contribution < 1.29 is 98.3 Å². The summed E-state index contributed by atoms with van der Waals surface area (Å²) in [5.41, 5.74) is 2.62. The Bertz CT molecular complexity index is 4900. The minimum Gasteiger partial charge on any atom is -1.00 e. The van der Waals surface area contributed by atoms with Crippen LogP contribution in [0.15, 0.2) is 72.8 Å². The molecule has 0 saturated carbocycles. The molecule has 0 radical (unpaired) electrons. The first-order chi connectivity index (χ1) is 45.9. The number of hydrogen-bond donors (Lipinski definition) is 9. The Labute approximate surface area is 558 Å². The van der Waals surface area contributed by atoms with Crippen LogP contribution in [0.2, 0.25) is 0 Å². The van der Waals surface area contributed by atoms with Crippen LogP contribution in [-0.4, -0.2) is 176 Å². The van der Waals surface area contributed by atoms with Crippen molar-refractivity contribution in [1.82, 2.24) is 29.7 Å². The summed E-state index contributed by atoms with van der Waals surface area (Å²) in [7, 11) is -3.98. The molecule has 15 rings (SSSR count). The highest BCUT2D eigenvalue weighted by molar-refractivity contribution is 7.86. The van der Waals surface area contributed by atoms with E-state index in [-0.39, 0.29) is 79.1 Å². The van der Waals surface area contributed by atoms with E-state index in [0.717, 1.165) is 18.4 Å². The minimum absolute atomic E-state index is 0. The van der Waals surface area contributed by atoms with Gasteiger partial charge in [-0.2, -0.15) is 8.42 Å². The van der Waals surface area contributed by atoms with E-state index in [1.54, 1.807) is 4.57 Å². The quantitative estimate of drug-likeness (QED) is 0.0196. The summed E-state index contributed by atoms with van der Waals surface area (Å²) in [6.45, 7) is 14.4. The normalized spacial score (nSPS) is 23.0. The van der Waals surface area contributed by atoms with Gasteiger partial charge in [-0.25, -0.2) is 17.6 Å². The average Bonchev–Trinajstić information content (AvgIpc) is 1.53. The first-order valence-electron chi connectivity index (χ1n) is 32.5. The van der Waals surface area contributed by atoms with Gasteiger partial charge in [0, 0.05) is 54.1 Å². The van der Waals surface area contributed by atoms with E-state index in [1.807, 2.05) is 0 Å². The lowest BCUT2D eigenvalue weighted by atomic mass is 9.96. The van der Waals surface area contributed by atoms with E-state index in [4.69, 9.17) is 18.4 Å². The molecule has 524 valence electrons. The molecule has 0 spiro atoms. The third-order valence-electron chi connectivity index (χ3n) is 19.5. The van der Waals surface area contributed by atoms with Gasteiger partial charge in [-0.3, -0.25) is 34.0 Å². The van der Waals surface area contributed by atoms with Gasteiger partial charge in [-0.1, -0.05) is 60.8 Å².